The number of aromatic nitrogens is 1. The van der Waals surface area contributed by atoms with Crippen LogP contribution in [0.25, 0.3) is 0 Å². The lowest BCUT2D eigenvalue weighted by Crippen LogP contribution is -1.95. The van der Waals surface area contributed by atoms with Gasteiger partial charge in [-0.25, -0.2) is 4.98 Å². The maximum absolute atomic E-state index is 5.99. The number of halogens is 1. The molecule has 0 aliphatic rings. The number of unbranched alkanes of at least 4 members (excludes halogenated alkanes) is 1. The van der Waals surface area contributed by atoms with Crippen LogP contribution < -0.4 is 0 Å². The second-order valence-corrected chi connectivity index (χ2v) is 3.78. The van der Waals surface area contributed by atoms with Crippen molar-refractivity contribution in [3.05, 3.63) is 29.0 Å². The van der Waals surface area contributed by atoms with Gasteiger partial charge in [-0.05, 0) is 24.0 Å². The molecule has 0 aromatic carbocycles. The molecule has 0 bridgehead atoms. The van der Waals surface area contributed by atoms with E-state index >= 15 is 0 Å². The normalized spacial score (nSPS) is 12.8. The molecule has 1 rings (SSSR count). The van der Waals surface area contributed by atoms with Crippen molar-refractivity contribution >= 4 is 11.6 Å². The second-order valence-electron chi connectivity index (χ2n) is 3.43. The van der Waals surface area contributed by atoms with Crippen LogP contribution in [0.3, 0.4) is 0 Å². The van der Waals surface area contributed by atoms with Gasteiger partial charge in [0.1, 0.15) is 5.15 Å². The Kier molecular flexibility index (Phi) is 4.23. The molecular formula is C11H16ClN. The molecule has 0 radical (unpaired) electrons. The van der Waals surface area contributed by atoms with Crippen molar-refractivity contribution < 1.29 is 0 Å². The zero-order valence-electron chi connectivity index (χ0n) is 8.26. The number of hydrogen-bond donors (Lipinski definition) is 0. The fourth-order valence-corrected chi connectivity index (χ4v) is 1.74. The van der Waals surface area contributed by atoms with E-state index in [1.807, 2.05) is 6.07 Å². The third-order valence-corrected chi connectivity index (χ3v) is 2.63. The Morgan fingerprint density at radius 2 is 2.31 bits per heavy atom. The lowest BCUT2D eigenvalue weighted by atomic mass is 9.97. The minimum atomic E-state index is 0.529. The monoisotopic (exact) mass is 197 g/mol. The van der Waals surface area contributed by atoms with Crippen molar-refractivity contribution in [2.45, 2.75) is 39.0 Å². The molecule has 1 heterocycles. The van der Waals surface area contributed by atoms with Crippen molar-refractivity contribution in [2.24, 2.45) is 0 Å². The maximum Gasteiger partial charge on any atom is 0.132 e. The van der Waals surface area contributed by atoms with E-state index in [1.165, 1.54) is 24.8 Å². The summed E-state index contributed by atoms with van der Waals surface area (Å²) in [5.74, 6) is 0.529. The van der Waals surface area contributed by atoms with Gasteiger partial charge in [-0.1, -0.05) is 44.4 Å². The molecule has 2 heteroatoms. The highest BCUT2D eigenvalue weighted by atomic mass is 35.5. The van der Waals surface area contributed by atoms with Gasteiger partial charge >= 0.3 is 0 Å². The Morgan fingerprint density at radius 3 is 2.92 bits per heavy atom. The van der Waals surface area contributed by atoms with Gasteiger partial charge in [0.15, 0.2) is 0 Å². The summed E-state index contributed by atoms with van der Waals surface area (Å²) >= 11 is 5.99. The van der Waals surface area contributed by atoms with Gasteiger partial charge < -0.3 is 0 Å². The highest BCUT2D eigenvalue weighted by Gasteiger charge is 2.08. The Morgan fingerprint density at radius 1 is 1.54 bits per heavy atom. The zero-order chi connectivity index (χ0) is 9.68. The molecule has 0 aliphatic heterocycles. The first-order chi connectivity index (χ1) is 6.25. The van der Waals surface area contributed by atoms with Crippen molar-refractivity contribution in [2.75, 3.05) is 0 Å². The van der Waals surface area contributed by atoms with E-state index in [1.54, 1.807) is 6.20 Å². The summed E-state index contributed by atoms with van der Waals surface area (Å²) in [5.41, 5.74) is 1.18. The Balaban J connectivity index is 2.65. The van der Waals surface area contributed by atoms with E-state index in [0.717, 1.165) is 0 Å². The minimum Gasteiger partial charge on any atom is -0.244 e. The number of nitrogens with zero attached hydrogens (tertiary/aromatic N) is 1. The molecule has 13 heavy (non-hydrogen) atoms. The van der Waals surface area contributed by atoms with Gasteiger partial charge in [-0.2, -0.15) is 0 Å². The topological polar surface area (TPSA) is 12.9 Å². The van der Waals surface area contributed by atoms with Crippen LogP contribution in [0, 0.1) is 0 Å². The van der Waals surface area contributed by atoms with Crippen molar-refractivity contribution in [3.63, 3.8) is 0 Å². The average Bonchev–Trinajstić information content (AvgIpc) is 2.15. The standard InChI is InChI=1S/C11H16ClN/c1-3-4-6-9(2)10-7-5-8-13-11(10)12/h5,7-9H,3-4,6H2,1-2H3. The summed E-state index contributed by atoms with van der Waals surface area (Å²) < 4.78 is 0. The van der Waals surface area contributed by atoms with Crippen LogP contribution in [0.5, 0.6) is 0 Å². The highest BCUT2D eigenvalue weighted by Crippen LogP contribution is 2.25. The van der Waals surface area contributed by atoms with Crippen LogP contribution in [0.1, 0.15) is 44.6 Å². The number of hydrogen-bond acceptors (Lipinski definition) is 1. The van der Waals surface area contributed by atoms with Crippen LogP contribution >= 0.6 is 11.6 Å². The van der Waals surface area contributed by atoms with E-state index in [4.69, 9.17) is 11.6 Å². The fraction of sp³-hybridized carbons (Fsp3) is 0.545. The first-order valence-electron chi connectivity index (χ1n) is 4.86. The Hall–Kier alpha value is -0.560. The third kappa shape index (κ3) is 3.00. The summed E-state index contributed by atoms with van der Waals surface area (Å²) in [6.07, 6.45) is 5.43. The molecule has 1 aromatic rings. The molecule has 1 nitrogen and oxygen atoms in total. The number of rotatable bonds is 4. The first kappa shape index (κ1) is 10.5. The van der Waals surface area contributed by atoms with Gasteiger partial charge in [0.25, 0.3) is 0 Å². The Bertz CT molecular complexity index is 260. The predicted molar refractivity (Wildman–Crippen MR) is 57.2 cm³/mol. The van der Waals surface area contributed by atoms with E-state index in [9.17, 15) is 0 Å². The average molecular weight is 198 g/mol. The molecule has 1 atom stereocenters. The van der Waals surface area contributed by atoms with Crippen LogP contribution in [0.4, 0.5) is 0 Å². The van der Waals surface area contributed by atoms with E-state index in [2.05, 4.69) is 24.9 Å². The van der Waals surface area contributed by atoms with E-state index in [-0.39, 0.29) is 0 Å². The molecular weight excluding hydrogens is 182 g/mol. The lowest BCUT2D eigenvalue weighted by Gasteiger charge is -2.11. The van der Waals surface area contributed by atoms with Crippen LogP contribution in [-0.2, 0) is 0 Å². The van der Waals surface area contributed by atoms with E-state index in [0.29, 0.717) is 11.1 Å². The summed E-state index contributed by atoms with van der Waals surface area (Å²) in [4.78, 5) is 4.07. The molecule has 0 amide bonds. The van der Waals surface area contributed by atoms with Crippen LogP contribution in [0.2, 0.25) is 5.15 Å². The first-order valence-corrected chi connectivity index (χ1v) is 5.24. The molecule has 1 aromatic heterocycles. The number of pyridine rings is 1. The smallest absolute Gasteiger partial charge is 0.132 e. The maximum atomic E-state index is 5.99. The molecule has 0 saturated carbocycles. The lowest BCUT2D eigenvalue weighted by molar-refractivity contribution is 0.623. The van der Waals surface area contributed by atoms with Gasteiger partial charge in [-0.3, -0.25) is 0 Å². The van der Waals surface area contributed by atoms with Gasteiger partial charge in [-0.15, -0.1) is 0 Å². The van der Waals surface area contributed by atoms with Gasteiger partial charge in [0.2, 0.25) is 0 Å². The molecule has 0 fully saturated rings. The molecule has 0 aliphatic carbocycles. The molecule has 72 valence electrons. The molecule has 0 saturated heterocycles. The second kappa shape index (κ2) is 5.23. The summed E-state index contributed by atoms with van der Waals surface area (Å²) in [6, 6.07) is 4.01. The zero-order valence-corrected chi connectivity index (χ0v) is 9.01. The summed E-state index contributed by atoms with van der Waals surface area (Å²) in [6.45, 7) is 4.41. The summed E-state index contributed by atoms with van der Waals surface area (Å²) in [7, 11) is 0. The molecule has 0 N–H and O–H groups in total. The molecule has 1 unspecified atom stereocenters. The highest BCUT2D eigenvalue weighted by molar-refractivity contribution is 6.30. The van der Waals surface area contributed by atoms with Gasteiger partial charge in [0.05, 0.1) is 0 Å². The minimum absolute atomic E-state index is 0.529. The quantitative estimate of drug-likeness (QED) is 0.665. The SMILES string of the molecule is CCCCC(C)c1cccnc1Cl. The van der Waals surface area contributed by atoms with Crippen molar-refractivity contribution in [1.29, 1.82) is 0 Å². The third-order valence-electron chi connectivity index (χ3n) is 2.31. The van der Waals surface area contributed by atoms with E-state index < -0.39 is 0 Å². The van der Waals surface area contributed by atoms with Crippen LogP contribution in [-0.4, -0.2) is 4.98 Å². The Labute approximate surface area is 85.1 Å². The summed E-state index contributed by atoms with van der Waals surface area (Å²) in [5, 5.41) is 0.658. The predicted octanol–water partition coefficient (Wildman–Crippen LogP) is 4.03. The van der Waals surface area contributed by atoms with Gasteiger partial charge in [0, 0.05) is 6.20 Å². The van der Waals surface area contributed by atoms with Crippen LogP contribution in [0.15, 0.2) is 18.3 Å². The fourth-order valence-electron chi connectivity index (χ4n) is 1.43. The molecule has 0 spiro atoms. The largest absolute Gasteiger partial charge is 0.244 e. The van der Waals surface area contributed by atoms with Crippen molar-refractivity contribution in [3.8, 4) is 0 Å². The van der Waals surface area contributed by atoms with Crippen molar-refractivity contribution in [1.82, 2.24) is 4.98 Å².